The summed E-state index contributed by atoms with van der Waals surface area (Å²) in [5, 5.41) is 0. The van der Waals surface area contributed by atoms with Crippen LogP contribution in [-0.2, 0) is 0 Å². The summed E-state index contributed by atoms with van der Waals surface area (Å²) in [4.78, 5) is 14.6. The predicted molar refractivity (Wildman–Crippen MR) is 45.9 cm³/mol. The zero-order valence-electron chi connectivity index (χ0n) is 6.62. The Kier molecular flexibility index (Phi) is 4.22. The molecule has 1 aliphatic rings. The Morgan fingerprint density at radius 3 is 2.55 bits per heavy atom. The largest absolute Gasteiger partial charge is 0.329 e. The Morgan fingerprint density at radius 1 is 1.55 bits per heavy atom. The number of carbonyl (C=O) groups is 1. The molecule has 0 unspecified atom stereocenters. The van der Waals surface area contributed by atoms with E-state index in [1.54, 1.807) is 16.8 Å². The highest BCUT2D eigenvalue weighted by atomic mass is 35.5. The maximum absolute atomic E-state index is 11.1. The Morgan fingerprint density at radius 2 is 2.18 bits per heavy atom. The van der Waals surface area contributed by atoms with E-state index in [9.17, 15) is 4.79 Å². The van der Waals surface area contributed by atoms with Gasteiger partial charge < -0.3 is 15.5 Å². The van der Waals surface area contributed by atoms with Crippen LogP contribution in [0.25, 0.3) is 0 Å². The van der Waals surface area contributed by atoms with Crippen LogP contribution in [0.2, 0.25) is 0 Å². The molecule has 1 aliphatic heterocycles. The lowest BCUT2D eigenvalue weighted by atomic mass is 10.5. The van der Waals surface area contributed by atoms with Crippen LogP contribution in [0, 0.1) is 0 Å². The van der Waals surface area contributed by atoms with Crippen molar-refractivity contribution < 1.29 is 4.79 Å². The molecule has 2 amide bonds. The quantitative estimate of drug-likeness (QED) is 0.635. The topological polar surface area (TPSA) is 49.6 Å². The molecular weight excluding hydrogens is 166 g/mol. The second-order valence-corrected chi connectivity index (χ2v) is 2.48. The van der Waals surface area contributed by atoms with Crippen molar-refractivity contribution in [3.63, 3.8) is 0 Å². The van der Waals surface area contributed by atoms with Gasteiger partial charge in [-0.1, -0.05) is 0 Å². The van der Waals surface area contributed by atoms with Gasteiger partial charge >= 0.3 is 6.03 Å². The van der Waals surface area contributed by atoms with E-state index in [0.717, 1.165) is 13.1 Å². The monoisotopic (exact) mass is 179 g/mol. The predicted octanol–water partition coefficient (Wildman–Crippen LogP) is -0.266. The van der Waals surface area contributed by atoms with Crippen LogP contribution in [0.1, 0.15) is 0 Å². The van der Waals surface area contributed by atoms with Gasteiger partial charge in [0.25, 0.3) is 0 Å². The molecule has 0 aliphatic carbocycles. The number of nitrogens with zero attached hydrogens (tertiary/aromatic N) is 2. The number of amides is 2. The van der Waals surface area contributed by atoms with Crippen LogP contribution in [-0.4, -0.2) is 49.1 Å². The van der Waals surface area contributed by atoms with E-state index in [4.69, 9.17) is 5.73 Å². The number of hydrogen-bond acceptors (Lipinski definition) is 2. The second-order valence-electron chi connectivity index (χ2n) is 2.48. The lowest BCUT2D eigenvalue weighted by molar-refractivity contribution is 0.199. The first-order valence-electron chi connectivity index (χ1n) is 3.46. The molecule has 0 bridgehead atoms. The van der Waals surface area contributed by atoms with Crippen LogP contribution in [0.5, 0.6) is 0 Å². The van der Waals surface area contributed by atoms with E-state index in [1.165, 1.54) is 0 Å². The van der Waals surface area contributed by atoms with Gasteiger partial charge in [0.15, 0.2) is 0 Å². The summed E-state index contributed by atoms with van der Waals surface area (Å²) >= 11 is 0. The Hall–Kier alpha value is -0.480. The van der Waals surface area contributed by atoms with Gasteiger partial charge in [-0.3, -0.25) is 0 Å². The molecule has 1 saturated heterocycles. The van der Waals surface area contributed by atoms with E-state index in [-0.39, 0.29) is 18.4 Å². The lowest BCUT2D eigenvalue weighted by Crippen LogP contribution is -2.33. The molecule has 0 atom stereocenters. The van der Waals surface area contributed by atoms with Gasteiger partial charge in [0.05, 0.1) is 0 Å². The van der Waals surface area contributed by atoms with Crippen LogP contribution in [0.4, 0.5) is 4.79 Å². The van der Waals surface area contributed by atoms with E-state index in [2.05, 4.69) is 0 Å². The highest BCUT2D eigenvalue weighted by Crippen LogP contribution is 2.03. The lowest BCUT2D eigenvalue weighted by Gasteiger charge is -2.13. The maximum Gasteiger partial charge on any atom is 0.319 e. The summed E-state index contributed by atoms with van der Waals surface area (Å²) in [5.74, 6) is 0. The molecule has 2 N–H and O–H groups in total. The molecule has 11 heavy (non-hydrogen) atoms. The van der Waals surface area contributed by atoms with Gasteiger partial charge in [0.1, 0.15) is 0 Å². The summed E-state index contributed by atoms with van der Waals surface area (Å²) < 4.78 is 0. The first-order valence-corrected chi connectivity index (χ1v) is 3.46. The van der Waals surface area contributed by atoms with Gasteiger partial charge in [-0.15, -0.1) is 12.4 Å². The number of halogens is 1. The minimum atomic E-state index is 0. The number of nitrogens with two attached hydrogens (primary N) is 1. The summed E-state index contributed by atoms with van der Waals surface area (Å²) in [6.07, 6.45) is 0. The van der Waals surface area contributed by atoms with Crippen molar-refractivity contribution in [1.82, 2.24) is 9.80 Å². The van der Waals surface area contributed by atoms with Crippen LogP contribution >= 0.6 is 12.4 Å². The third-order valence-electron chi connectivity index (χ3n) is 1.70. The zero-order valence-corrected chi connectivity index (χ0v) is 7.43. The van der Waals surface area contributed by atoms with Gasteiger partial charge in [0, 0.05) is 33.2 Å². The van der Waals surface area contributed by atoms with Crippen molar-refractivity contribution in [3.05, 3.63) is 0 Å². The molecule has 1 fully saturated rings. The molecule has 0 aromatic rings. The van der Waals surface area contributed by atoms with E-state index in [0.29, 0.717) is 13.1 Å². The average molecular weight is 180 g/mol. The van der Waals surface area contributed by atoms with Gasteiger partial charge in [-0.05, 0) is 0 Å². The Balaban J connectivity index is 0.000001000. The van der Waals surface area contributed by atoms with Crippen molar-refractivity contribution in [2.75, 3.05) is 33.2 Å². The van der Waals surface area contributed by atoms with Gasteiger partial charge in [-0.25, -0.2) is 4.79 Å². The van der Waals surface area contributed by atoms with Gasteiger partial charge in [-0.2, -0.15) is 0 Å². The molecule has 4 nitrogen and oxygen atoms in total. The SMILES string of the molecule is CN1CCN(CCN)C1=O.Cl. The van der Waals surface area contributed by atoms with Crippen molar-refractivity contribution in [2.24, 2.45) is 5.73 Å². The Bertz CT molecular complexity index is 140. The molecule has 0 aromatic heterocycles. The fourth-order valence-corrected chi connectivity index (χ4v) is 1.07. The number of urea groups is 1. The van der Waals surface area contributed by atoms with E-state index >= 15 is 0 Å². The first-order chi connectivity index (χ1) is 4.75. The third-order valence-corrected chi connectivity index (χ3v) is 1.70. The molecule has 0 spiro atoms. The smallest absolute Gasteiger partial charge is 0.319 e. The zero-order chi connectivity index (χ0) is 7.56. The number of likely N-dealkylation sites (N-methyl/N-ethyl adjacent to an activating group) is 1. The normalized spacial score (nSPS) is 17.1. The summed E-state index contributed by atoms with van der Waals surface area (Å²) in [5.41, 5.74) is 5.30. The highest BCUT2D eigenvalue weighted by molar-refractivity contribution is 5.85. The highest BCUT2D eigenvalue weighted by Gasteiger charge is 2.23. The average Bonchev–Trinajstić information content (AvgIpc) is 2.20. The van der Waals surface area contributed by atoms with Gasteiger partial charge in [0.2, 0.25) is 0 Å². The summed E-state index contributed by atoms with van der Waals surface area (Å²) in [6.45, 7) is 2.90. The molecule has 0 saturated carbocycles. The summed E-state index contributed by atoms with van der Waals surface area (Å²) in [6, 6.07) is 0.102. The van der Waals surface area contributed by atoms with Crippen LogP contribution in [0.3, 0.4) is 0 Å². The minimum absolute atomic E-state index is 0. The first kappa shape index (κ1) is 10.5. The van der Waals surface area contributed by atoms with E-state index < -0.39 is 0 Å². The number of carbonyl (C=O) groups excluding carboxylic acids is 1. The molecule has 1 heterocycles. The Labute approximate surface area is 72.7 Å². The molecule has 5 heteroatoms. The fourth-order valence-electron chi connectivity index (χ4n) is 1.07. The fraction of sp³-hybridized carbons (Fsp3) is 0.833. The van der Waals surface area contributed by atoms with Crippen molar-refractivity contribution in [2.45, 2.75) is 0 Å². The molecule has 0 aromatic carbocycles. The second kappa shape index (κ2) is 4.41. The number of rotatable bonds is 2. The van der Waals surface area contributed by atoms with Crippen LogP contribution < -0.4 is 5.73 Å². The third kappa shape index (κ3) is 2.24. The maximum atomic E-state index is 11.1. The van der Waals surface area contributed by atoms with E-state index in [1.807, 2.05) is 0 Å². The van der Waals surface area contributed by atoms with Crippen molar-refractivity contribution in [1.29, 1.82) is 0 Å². The molecular formula is C6H14ClN3O. The number of hydrogen-bond donors (Lipinski definition) is 1. The molecule has 66 valence electrons. The molecule has 0 radical (unpaired) electrons. The van der Waals surface area contributed by atoms with Crippen molar-refractivity contribution >= 4 is 18.4 Å². The molecule has 1 rings (SSSR count). The standard InChI is InChI=1S/C6H13N3O.ClH/c1-8-4-5-9(3-2-7)6(8)10;/h2-5,7H2,1H3;1H. The van der Waals surface area contributed by atoms with Crippen molar-refractivity contribution in [3.8, 4) is 0 Å². The summed E-state index contributed by atoms with van der Waals surface area (Å²) in [7, 11) is 1.80. The minimum Gasteiger partial charge on any atom is -0.329 e. The van der Waals surface area contributed by atoms with Crippen LogP contribution in [0.15, 0.2) is 0 Å².